The predicted octanol–water partition coefficient (Wildman–Crippen LogP) is 2.51. The number of nitrogens with one attached hydrogen (secondary N) is 1. The van der Waals surface area contributed by atoms with E-state index in [0.29, 0.717) is 6.04 Å². The minimum Gasteiger partial charge on any atom is -0.433 e. The minimum absolute atomic E-state index is 0. The fourth-order valence-corrected chi connectivity index (χ4v) is 0.812. The molecular formula is C10H13NW. The Morgan fingerprint density at radius 1 is 1.50 bits per heavy atom. The van der Waals surface area contributed by atoms with Gasteiger partial charge in [0, 0.05) is 0 Å². The fourth-order valence-electron chi connectivity index (χ4n) is 0.812. The number of para-hydroxylation sites is 1. The SMILES string of the molecule is C[CH-]C(C)Nc1[c-]cccc1.[W+2]. The first-order valence-corrected chi connectivity index (χ1v) is 3.85. The van der Waals surface area contributed by atoms with Gasteiger partial charge in [-0.05, 0) is 0 Å². The van der Waals surface area contributed by atoms with Crippen LogP contribution >= 0.6 is 0 Å². The Kier molecular flexibility index (Phi) is 6.10. The summed E-state index contributed by atoms with van der Waals surface area (Å²) in [6.45, 7) is 4.15. The summed E-state index contributed by atoms with van der Waals surface area (Å²) in [6, 6.07) is 11.4. The Labute approximate surface area is 88.8 Å². The molecule has 0 bridgehead atoms. The molecule has 0 heterocycles. The third-order valence-corrected chi connectivity index (χ3v) is 1.59. The molecule has 1 rings (SSSR count). The quantitative estimate of drug-likeness (QED) is 0.840. The van der Waals surface area contributed by atoms with Gasteiger partial charge in [0.15, 0.2) is 0 Å². The number of hydrogen-bond acceptors (Lipinski definition) is 1. The molecule has 0 aliphatic heterocycles. The fraction of sp³-hybridized carbons (Fsp3) is 0.300. The van der Waals surface area contributed by atoms with Crippen molar-refractivity contribution in [3.63, 3.8) is 0 Å². The molecule has 0 spiro atoms. The Hall–Kier alpha value is -0.292. The molecule has 2 heteroatoms. The van der Waals surface area contributed by atoms with Crippen LogP contribution in [0.2, 0.25) is 0 Å². The summed E-state index contributed by atoms with van der Waals surface area (Å²) in [4.78, 5) is 0. The Bertz CT molecular complexity index is 198. The van der Waals surface area contributed by atoms with Crippen molar-refractivity contribution in [3.8, 4) is 0 Å². The molecule has 1 N–H and O–H groups in total. The zero-order chi connectivity index (χ0) is 8.10. The summed E-state index contributed by atoms with van der Waals surface area (Å²) in [6.07, 6.45) is 2.11. The van der Waals surface area contributed by atoms with Gasteiger partial charge < -0.3 is 11.7 Å². The zero-order valence-electron chi connectivity index (χ0n) is 7.37. The smallest absolute Gasteiger partial charge is 0.433 e. The molecular weight excluding hydrogens is 318 g/mol. The summed E-state index contributed by atoms with van der Waals surface area (Å²) in [7, 11) is 0. The molecule has 1 aromatic carbocycles. The van der Waals surface area contributed by atoms with E-state index >= 15 is 0 Å². The van der Waals surface area contributed by atoms with Crippen LogP contribution in [0.25, 0.3) is 0 Å². The van der Waals surface area contributed by atoms with Gasteiger partial charge in [0.2, 0.25) is 0 Å². The van der Waals surface area contributed by atoms with Crippen LogP contribution in [0, 0.1) is 12.5 Å². The van der Waals surface area contributed by atoms with Crippen LogP contribution in [-0.2, 0) is 21.1 Å². The predicted molar refractivity (Wildman–Crippen MR) is 48.3 cm³/mol. The Balaban J connectivity index is 0.00000121. The van der Waals surface area contributed by atoms with Gasteiger partial charge in [0.05, 0.1) is 0 Å². The van der Waals surface area contributed by atoms with E-state index in [9.17, 15) is 0 Å². The molecule has 0 saturated heterocycles. The maximum absolute atomic E-state index is 3.28. The van der Waals surface area contributed by atoms with E-state index in [1.807, 2.05) is 31.2 Å². The van der Waals surface area contributed by atoms with Crippen molar-refractivity contribution in [1.82, 2.24) is 0 Å². The molecule has 0 amide bonds. The first kappa shape index (κ1) is 11.7. The molecule has 0 aliphatic rings. The van der Waals surface area contributed by atoms with Gasteiger partial charge in [-0.1, -0.05) is 12.6 Å². The van der Waals surface area contributed by atoms with Gasteiger partial charge in [0.25, 0.3) is 0 Å². The standard InChI is InChI=1S/C10H13N.W/c1-3-9(2)11-10-7-5-4-6-8-10;/h3-7,9,11H,1-2H3;/q-2;+2. The molecule has 0 radical (unpaired) electrons. The normalized spacial score (nSPS) is 11.5. The van der Waals surface area contributed by atoms with Crippen LogP contribution in [0.5, 0.6) is 0 Å². The van der Waals surface area contributed by atoms with Crippen LogP contribution in [0.3, 0.4) is 0 Å². The van der Waals surface area contributed by atoms with Crippen molar-refractivity contribution in [2.75, 3.05) is 5.32 Å². The zero-order valence-corrected chi connectivity index (χ0v) is 10.3. The van der Waals surface area contributed by atoms with Crippen LogP contribution < -0.4 is 5.32 Å². The summed E-state index contributed by atoms with van der Waals surface area (Å²) in [5.41, 5.74) is 1.05. The van der Waals surface area contributed by atoms with Crippen LogP contribution in [0.4, 0.5) is 5.69 Å². The van der Waals surface area contributed by atoms with Crippen molar-refractivity contribution < 1.29 is 21.1 Å². The average molecular weight is 331 g/mol. The second-order valence-electron chi connectivity index (χ2n) is 2.54. The molecule has 0 aromatic heterocycles. The summed E-state index contributed by atoms with van der Waals surface area (Å²) < 4.78 is 0. The van der Waals surface area contributed by atoms with Gasteiger partial charge >= 0.3 is 21.1 Å². The van der Waals surface area contributed by atoms with E-state index in [-0.39, 0.29) is 21.1 Å². The van der Waals surface area contributed by atoms with E-state index in [0.717, 1.165) is 5.69 Å². The molecule has 12 heavy (non-hydrogen) atoms. The van der Waals surface area contributed by atoms with Gasteiger partial charge in [-0.3, -0.25) is 0 Å². The molecule has 0 aliphatic carbocycles. The van der Waals surface area contributed by atoms with Crippen molar-refractivity contribution in [3.05, 3.63) is 36.8 Å². The number of hydrogen-bond donors (Lipinski definition) is 1. The Morgan fingerprint density at radius 2 is 2.25 bits per heavy atom. The van der Waals surface area contributed by atoms with Gasteiger partial charge in [-0.2, -0.15) is 31.2 Å². The maximum atomic E-state index is 3.28. The number of rotatable bonds is 3. The third kappa shape index (κ3) is 3.92. The average Bonchev–Trinajstić information content (AvgIpc) is 2.06. The van der Waals surface area contributed by atoms with Crippen molar-refractivity contribution >= 4 is 5.69 Å². The van der Waals surface area contributed by atoms with E-state index < -0.39 is 0 Å². The van der Waals surface area contributed by atoms with Gasteiger partial charge in [-0.25, -0.2) is 0 Å². The van der Waals surface area contributed by atoms with Crippen LogP contribution in [-0.4, -0.2) is 6.04 Å². The van der Waals surface area contributed by atoms with Crippen LogP contribution in [0.15, 0.2) is 24.3 Å². The van der Waals surface area contributed by atoms with Gasteiger partial charge in [-0.15, -0.1) is 12.1 Å². The van der Waals surface area contributed by atoms with E-state index in [2.05, 4.69) is 24.7 Å². The van der Waals surface area contributed by atoms with Crippen molar-refractivity contribution in [2.24, 2.45) is 0 Å². The molecule has 0 fully saturated rings. The van der Waals surface area contributed by atoms with Gasteiger partial charge in [0.1, 0.15) is 0 Å². The molecule has 1 atom stereocenters. The molecule has 1 nitrogen and oxygen atoms in total. The monoisotopic (exact) mass is 331 g/mol. The van der Waals surface area contributed by atoms with E-state index in [4.69, 9.17) is 0 Å². The van der Waals surface area contributed by atoms with E-state index in [1.54, 1.807) is 0 Å². The largest absolute Gasteiger partial charge is 2.00 e. The molecule has 1 unspecified atom stereocenters. The minimum atomic E-state index is 0. The van der Waals surface area contributed by atoms with Crippen molar-refractivity contribution in [2.45, 2.75) is 19.9 Å². The number of benzene rings is 1. The second kappa shape index (κ2) is 6.25. The number of anilines is 1. The summed E-state index contributed by atoms with van der Waals surface area (Å²) >= 11 is 0. The van der Waals surface area contributed by atoms with Crippen molar-refractivity contribution in [1.29, 1.82) is 0 Å². The molecule has 0 saturated carbocycles. The third-order valence-electron chi connectivity index (χ3n) is 1.59. The first-order valence-electron chi connectivity index (χ1n) is 3.85. The van der Waals surface area contributed by atoms with E-state index in [1.165, 1.54) is 0 Å². The Morgan fingerprint density at radius 3 is 2.75 bits per heavy atom. The summed E-state index contributed by atoms with van der Waals surface area (Å²) in [5, 5.41) is 3.28. The molecule has 64 valence electrons. The topological polar surface area (TPSA) is 12.0 Å². The second-order valence-corrected chi connectivity index (χ2v) is 2.54. The first-order chi connectivity index (χ1) is 5.33. The molecule has 1 aromatic rings. The summed E-state index contributed by atoms with van der Waals surface area (Å²) in [5.74, 6) is 0. The maximum Gasteiger partial charge on any atom is 2.00 e. The van der Waals surface area contributed by atoms with Crippen LogP contribution in [0.1, 0.15) is 13.8 Å².